The lowest BCUT2D eigenvalue weighted by molar-refractivity contribution is -0.168. The van der Waals surface area contributed by atoms with Crippen LogP contribution < -0.4 is 5.48 Å². The summed E-state index contributed by atoms with van der Waals surface area (Å²) in [7, 11) is 0. The summed E-state index contributed by atoms with van der Waals surface area (Å²) in [5, 5.41) is 7.92. The minimum Gasteiger partial charge on any atom is -0.473 e. The van der Waals surface area contributed by atoms with Gasteiger partial charge in [0.1, 0.15) is 0 Å². The molecule has 0 atom stereocenters. The Morgan fingerprint density at radius 3 is 2.70 bits per heavy atom. The van der Waals surface area contributed by atoms with Crippen LogP contribution in [0.15, 0.2) is 0 Å². The third-order valence-corrected chi connectivity index (χ3v) is 0.514. The first-order chi connectivity index (χ1) is 4.68. The van der Waals surface area contributed by atoms with E-state index in [4.69, 9.17) is 11.5 Å². The quantitative estimate of drug-likeness (QED) is 0.219. The molecule has 5 nitrogen and oxygen atoms in total. The first-order valence-electron chi connectivity index (χ1n) is 2.29. The van der Waals surface area contributed by atoms with Gasteiger partial charge in [-0.1, -0.05) is 5.92 Å². The van der Waals surface area contributed by atoms with Crippen LogP contribution in [0.3, 0.4) is 0 Å². The molecule has 54 valence electrons. The Labute approximate surface area is 56.9 Å². The normalized spacial score (nSPS) is 7.90. The van der Waals surface area contributed by atoms with E-state index in [1.165, 1.54) is 0 Å². The molecule has 0 saturated heterocycles. The van der Waals surface area contributed by atoms with Crippen molar-refractivity contribution in [1.29, 1.82) is 0 Å². The Morgan fingerprint density at radius 1 is 1.70 bits per heavy atom. The molecule has 0 spiro atoms. The fraction of sp³-hybridized carbons (Fsp3) is 0.200. The van der Waals surface area contributed by atoms with Crippen molar-refractivity contribution in [1.82, 2.24) is 5.48 Å². The van der Waals surface area contributed by atoms with Gasteiger partial charge in [-0.15, -0.1) is 11.9 Å². The van der Waals surface area contributed by atoms with Crippen molar-refractivity contribution in [3.63, 3.8) is 0 Å². The van der Waals surface area contributed by atoms with Crippen LogP contribution in [0.1, 0.15) is 0 Å². The first-order valence-corrected chi connectivity index (χ1v) is 2.29. The smallest absolute Gasteiger partial charge is 0.435 e. The molecule has 0 fully saturated rings. The Morgan fingerprint density at radius 2 is 2.30 bits per heavy atom. The van der Waals surface area contributed by atoms with Gasteiger partial charge in [0.25, 0.3) is 0 Å². The maximum atomic E-state index is 10.1. The summed E-state index contributed by atoms with van der Waals surface area (Å²) in [6.07, 6.45) is 4.74. The van der Waals surface area contributed by atoms with E-state index in [1.807, 2.05) is 5.48 Å². The van der Waals surface area contributed by atoms with Crippen molar-refractivity contribution in [2.24, 2.45) is 0 Å². The van der Waals surface area contributed by atoms with Crippen LogP contribution >= 0.6 is 0 Å². The molecule has 5 heteroatoms. The molecule has 0 saturated carbocycles. The van der Waals surface area contributed by atoms with Gasteiger partial charge in [-0.25, -0.2) is 9.59 Å². The molecule has 0 rings (SSSR count). The van der Waals surface area contributed by atoms with E-state index in [2.05, 4.69) is 10.8 Å². The molecular formula is C5H5NO4. The number of aliphatic carboxylic acids is 1. The Kier molecular flexibility index (Phi) is 3.68. The number of nitrogens with one attached hydrogen (secondary N) is 1. The van der Waals surface area contributed by atoms with Crippen LogP contribution in [0.4, 0.5) is 0 Å². The van der Waals surface area contributed by atoms with E-state index in [0.29, 0.717) is 0 Å². The fourth-order valence-electron chi connectivity index (χ4n) is 0.187. The molecule has 0 unspecified atom stereocenters. The van der Waals surface area contributed by atoms with Gasteiger partial charge in [0.15, 0.2) is 0 Å². The molecule has 0 aromatic carbocycles. The maximum absolute atomic E-state index is 10.1. The number of terminal acetylenes is 1. The zero-order valence-electron chi connectivity index (χ0n) is 4.96. The second kappa shape index (κ2) is 4.35. The molecule has 0 amide bonds. The van der Waals surface area contributed by atoms with Crippen molar-refractivity contribution < 1.29 is 19.5 Å². The first kappa shape index (κ1) is 8.46. The highest BCUT2D eigenvalue weighted by Gasteiger charge is 2.11. The van der Waals surface area contributed by atoms with Gasteiger partial charge in [-0.2, -0.15) is 0 Å². The number of rotatable bonds is 2. The zero-order valence-corrected chi connectivity index (χ0v) is 4.96. The number of hydroxylamine groups is 1. The topological polar surface area (TPSA) is 75.6 Å². The molecule has 0 aliphatic heterocycles. The van der Waals surface area contributed by atoms with Gasteiger partial charge >= 0.3 is 11.9 Å². The third-order valence-electron chi connectivity index (χ3n) is 0.514. The van der Waals surface area contributed by atoms with E-state index in [1.54, 1.807) is 0 Å². The largest absolute Gasteiger partial charge is 0.473 e. The minimum absolute atomic E-state index is 0.0149. The summed E-state index contributed by atoms with van der Waals surface area (Å²) < 4.78 is 0. The predicted molar refractivity (Wildman–Crippen MR) is 30.6 cm³/mol. The molecule has 0 aliphatic carbocycles. The lowest BCUT2D eigenvalue weighted by Crippen LogP contribution is -2.25. The zero-order chi connectivity index (χ0) is 7.98. The van der Waals surface area contributed by atoms with Crippen molar-refractivity contribution in [3.05, 3.63) is 0 Å². The predicted octanol–water partition coefficient (Wildman–Crippen LogP) is -1.25. The number of carbonyl (C=O) groups excluding carboxylic acids is 1. The van der Waals surface area contributed by atoms with Gasteiger partial charge < -0.3 is 9.94 Å². The van der Waals surface area contributed by atoms with Gasteiger partial charge in [-0.3, -0.25) is 0 Å². The molecule has 0 radical (unpaired) electrons. The van der Waals surface area contributed by atoms with Crippen molar-refractivity contribution >= 4 is 11.9 Å². The lowest BCUT2D eigenvalue weighted by Gasteiger charge is -1.96. The van der Waals surface area contributed by atoms with Crippen LogP contribution in [0.5, 0.6) is 0 Å². The molecule has 0 aromatic rings. The molecular weight excluding hydrogens is 138 g/mol. The average molecular weight is 143 g/mol. The standard InChI is InChI=1S/C5H5NO4/c1-2-3-6-10-5(9)4(7)8/h1,6H,3H2,(H,7,8). The van der Waals surface area contributed by atoms with E-state index >= 15 is 0 Å². The van der Waals surface area contributed by atoms with Crippen LogP contribution in [0.2, 0.25) is 0 Å². The van der Waals surface area contributed by atoms with Crippen LogP contribution in [-0.2, 0) is 14.4 Å². The summed E-state index contributed by atoms with van der Waals surface area (Å²) in [5.74, 6) is -0.961. The summed E-state index contributed by atoms with van der Waals surface area (Å²) >= 11 is 0. The highest BCUT2D eigenvalue weighted by molar-refractivity contribution is 6.28. The number of hydrogen-bond acceptors (Lipinski definition) is 4. The molecule has 10 heavy (non-hydrogen) atoms. The highest BCUT2D eigenvalue weighted by atomic mass is 16.7. The summed E-state index contributed by atoms with van der Waals surface area (Å²) in [4.78, 5) is 23.7. The third kappa shape index (κ3) is 3.46. The second-order valence-electron chi connectivity index (χ2n) is 1.22. The van der Waals surface area contributed by atoms with Gasteiger partial charge in [-0.05, 0) is 0 Å². The summed E-state index contributed by atoms with van der Waals surface area (Å²) in [6, 6.07) is 0. The number of carboxylic acid groups (broad SMARTS) is 1. The molecule has 0 aliphatic rings. The lowest BCUT2D eigenvalue weighted by atomic mass is 10.7. The van der Waals surface area contributed by atoms with Crippen molar-refractivity contribution in [2.75, 3.05) is 6.54 Å². The van der Waals surface area contributed by atoms with Crippen LogP contribution in [0.25, 0.3) is 0 Å². The van der Waals surface area contributed by atoms with Gasteiger partial charge in [0.2, 0.25) is 0 Å². The van der Waals surface area contributed by atoms with Gasteiger partial charge in [0.05, 0.1) is 6.54 Å². The maximum Gasteiger partial charge on any atom is 0.435 e. The number of carbonyl (C=O) groups is 2. The number of carboxylic acids is 1. The van der Waals surface area contributed by atoms with Gasteiger partial charge in [0, 0.05) is 0 Å². The Balaban J connectivity index is 3.43. The van der Waals surface area contributed by atoms with Crippen molar-refractivity contribution in [3.8, 4) is 12.3 Å². The van der Waals surface area contributed by atoms with E-state index in [-0.39, 0.29) is 6.54 Å². The molecule has 2 N–H and O–H groups in total. The van der Waals surface area contributed by atoms with Crippen LogP contribution in [0, 0.1) is 12.3 Å². The fourth-order valence-corrected chi connectivity index (χ4v) is 0.187. The Hall–Kier alpha value is -1.54. The monoisotopic (exact) mass is 143 g/mol. The second-order valence-corrected chi connectivity index (χ2v) is 1.22. The Bertz CT molecular complexity index is 181. The molecule has 0 bridgehead atoms. The van der Waals surface area contributed by atoms with Crippen molar-refractivity contribution in [2.45, 2.75) is 0 Å². The number of hydrogen-bond donors (Lipinski definition) is 2. The SMILES string of the molecule is C#CCNOC(=O)C(=O)O. The minimum atomic E-state index is -1.66. The van der Waals surface area contributed by atoms with E-state index in [9.17, 15) is 9.59 Å². The molecule has 0 heterocycles. The summed E-state index contributed by atoms with van der Waals surface area (Å²) in [6.45, 7) is -0.0149. The highest BCUT2D eigenvalue weighted by Crippen LogP contribution is 1.70. The van der Waals surface area contributed by atoms with E-state index < -0.39 is 11.9 Å². The average Bonchev–Trinajstić information content (AvgIpc) is 1.88. The summed E-state index contributed by atoms with van der Waals surface area (Å²) in [5.41, 5.74) is 1.95. The van der Waals surface area contributed by atoms with Crippen LogP contribution in [-0.4, -0.2) is 23.6 Å². The molecule has 0 aromatic heterocycles. The van der Waals surface area contributed by atoms with E-state index in [0.717, 1.165) is 0 Å².